The highest BCUT2D eigenvalue weighted by Gasteiger charge is 2.47. The Morgan fingerprint density at radius 1 is 1.71 bits per heavy atom. The van der Waals surface area contributed by atoms with Crippen LogP contribution in [0.25, 0.3) is 0 Å². The van der Waals surface area contributed by atoms with Crippen molar-refractivity contribution in [3.63, 3.8) is 0 Å². The van der Waals surface area contributed by atoms with Gasteiger partial charge in [-0.2, -0.15) is 0 Å². The lowest BCUT2D eigenvalue weighted by atomic mass is 9.94. The van der Waals surface area contributed by atoms with Crippen LogP contribution >= 0.6 is 0 Å². The number of aliphatic carboxylic acids is 1. The molecule has 4 nitrogen and oxygen atoms in total. The third-order valence-electron chi connectivity index (χ3n) is 3.40. The standard InChI is InChI=1S/C10H17NO3/c1-3-8-4-5-10(6-8,9(13)14)11(2)7-12/h7-8H,3-6H2,1-2H3,(H,13,14). The van der Waals surface area contributed by atoms with Gasteiger partial charge in [0.25, 0.3) is 0 Å². The van der Waals surface area contributed by atoms with Gasteiger partial charge in [0, 0.05) is 7.05 Å². The Kier molecular flexibility index (Phi) is 3.13. The maximum atomic E-state index is 11.2. The summed E-state index contributed by atoms with van der Waals surface area (Å²) >= 11 is 0. The number of carbonyl (C=O) groups excluding carboxylic acids is 1. The Balaban J connectivity index is 2.85. The maximum absolute atomic E-state index is 11.2. The summed E-state index contributed by atoms with van der Waals surface area (Å²) in [5, 5.41) is 9.18. The lowest BCUT2D eigenvalue weighted by Crippen LogP contribution is -2.50. The summed E-state index contributed by atoms with van der Waals surface area (Å²) in [4.78, 5) is 23.2. The van der Waals surface area contributed by atoms with Crippen LogP contribution in [0.4, 0.5) is 0 Å². The van der Waals surface area contributed by atoms with Crippen LogP contribution in [0.15, 0.2) is 0 Å². The number of carbonyl (C=O) groups is 2. The van der Waals surface area contributed by atoms with E-state index in [1.54, 1.807) is 7.05 Å². The second-order valence-electron chi connectivity index (χ2n) is 4.07. The van der Waals surface area contributed by atoms with Crippen molar-refractivity contribution in [2.75, 3.05) is 7.05 Å². The Morgan fingerprint density at radius 2 is 2.36 bits per heavy atom. The molecule has 0 spiro atoms. The summed E-state index contributed by atoms with van der Waals surface area (Å²) in [5.41, 5.74) is -0.942. The fraction of sp³-hybridized carbons (Fsp3) is 0.800. The van der Waals surface area contributed by atoms with Gasteiger partial charge in [-0.3, -0.25) is 4.79 Å². The largest absolute Gasteiger partial charge is 0.479 e. The van der Waals surface area contributed by atoms with E-state index >= 15 is 0 Å². The third-order valence-corrected chi connectivity index (χ3v) is 3.40. The van der Waals surface area contributed by atoms with E-state index < -0.39 is 11.5 Å². The highest BCUT2D eigenvalue weighted by molar-refractivity contribution is 5.81. The van der Waals surface area contributed by atoms with Crippen molar-refractivity contribution in [3.05, 3.63) is 0 Å². The van der Waals surface area contributed by atoms with E-state index in [-0.39, 0.29) is 0 Å². The van der Waals surface area contributed by atoms with Gasteiger partial charge in [-0.15, -0.1) is 0 Å². The zero-order chi connectivity index (χ0) is 10.8. The molecule has 0 radical (unpaired) electrons. The molecule has 0 aliphatic heterocycles. The fourth-order valence-electron chi connectivity index (χ4n) is 2.24. The number of carboxylic acid groups (broad SMARTS) is 1. The first-order valence-electron chi connectivity index (χ1n) is 4.98. The summed E-state index contributed by atoms with van der Waals surface area (Å²) < 4.78 is 0. The minimum atomic E-state index is -0.942. The molecule has 0 aromatic heterocycles. The average Bonchev–Trinajstić information content (AvgIpc) is 2.61. The van der Waals surface area contributed by atoms with Crippen molar-refractivity contribution in [1.82, 2.24) is 4.90 Å². The van der Waals surface area contributed by atoms with Gasteiger partial charge in [0.15, 0.2) is 0 Å². The zero-order valence-electron chi connectivity index (χ0n) is 8.69. The minimum Gasteiger partial charge on any atom is -0.479 e. The van der Waals surface area contributed by atoms with Gasteiger partial charge in [-0.25, -0.2) is 4.79 Å². The molecule has 2 atom stereocenters. The first kappa shape index (κ1) is 11.0. The molecular weight excluding hydrogens is 182 g/mol. The van der Waals surface area contributed by atoms with E-state index in [2.05, 4.69) is 6.92 Å². The molecule has 80 valence electrons. The summed E-state index contributed by atoms with van der Waals surface area (Å²) in [6.45, 7) is 2.06. The van der Waals surface area contributed by atoms with Crippen molar-refractivity contribution in [2.45, 2.75) is 38.1 Å². The smallest absolute Gasteiger partial charge is 0.329 e. The number of rotatable bonds is 4. The SMILES string of the molecule is CCC1CCC(C(=O)O)(N(C)C=O)C1. The maximum Gasteiger partial charge on any atom is 0.329 e. The molecule has 1 rings (SSSR count). The topological polar surface area (TPSA) is 57.6 Å². The van der Waals surface area contributed by atoms with Gasteiger partial charge in [0.05, 0.1) is 0 Å². The van der Waals surface area contributed by atoms with Crippen molar-refractivity contribution >= 4 is 12.4 Å². The van der Waals surface area contributed by atoms with Crippen molar-refractivity contribution in [3.8, 4) is 0 Å². The number of likely N-dealkylation sites (N-methyl/N-ethyl adjacent to an activating group) is 1. The first-order chi connectivity index (χ1) is 6.56. The number of nitrogens with zero attached hydrogens (tertiary/aromatic N) is 1. The molecule has 14 heavy (non-hydrogen) atoms. The molecule has 0 saturated heterocycles. The first-order valence-corrected chi connectivity index (χ1v) is 4.98. The molecule has 1 amide bonds. The second-order valence-corrected chi connectivity index (χ2v) is 4.07. The third kappa shape index (κ3) is 1.61. The summed E-state index contributed by atoms with van der Waals surface area (Å²) in [5.74, 6) is -0.434. The lowest BCUT2D eigenvalue weighted by Gasteiger charge is -2.32. The van der Waals surface area contributed by atoms with E-state index in [0.29, 0.717) is 25.2 Å². The van der Waals surface area contributed by atoms with E-state index in [1.807, 2.05) is 0 Å². The molecular formula is C10H17NO3. The summed E-state index contributed by atoms with van der Waals surface area (Å²) in [6, 6.07) is 0. The van der Waals surface area contributed by atoms with Crippen molar-refractivity contribution in [1.29, 1.82) is 0 Å². The molecule has 1 aliphatic rings. The van der Waals surface area contributed by atoms with Crippen LogP contribution in [0.1, 0.15) is 32.6 Å². The summed E-state index contributed by atoms with van der Waals surface area (Å²) in [6.07, 6.45) is 3.68. The second kappa shape index (κ2) is 3.98. The zero-order valence-corrected chi connectivity index (χ0v) is 8.69. The molecule has 0 bridgehead atoms. The molecule has 0 heterocycles. The lowest BCUT2D eigenvalue weighted by molar-refractivity contribution is -0.153. The predicted octanol–water partition coefficient (Wildman–Crippen LogP) is 1.11. The number of carboxylic acids is 1. The molecule has 1 saturated carbocycles. The van der Waals surface area contributed by atoms with Gasteiger partial charge in [0.1, 0.15) is 5.54 Å². The summed E-state index contributed by atoms with van der Waals surface area (Å²) in [7, 11) is 1.55. The molecule has 0 aromatic carbocycles. The fourth-order valence-corrected chi connectivity index (χ4v) is 2.24. The van der Waals surface area contributed by atoms with Gasteiger partial charge in [-0.1, -0.05) is 13.3 Å². The van der Waals surface area contributed by atoms with Crippen LogP contribution in [-0.2, 0) is 9.59 Å². The molecule has 1 N–H and O–H groups in total. The van der Waals surface area contributed by atoms with Gasteiger partial charge < -0.3 is 10.0 Å². The Labute approximate surface area is 83.9 Å². The van der Waals surface area contributed by atoms with E-state index in [1.165, 1.54) is 4.90 Å². The number of hydrogen-bond donors (Lipinski definition) is 1. The molecule has 2 unspecified atom stereocenters. The highest BCUT2D eigenvalue weighted by Crippen LogP contribution is 2.39. The van der Waals surface area contributed by atoms with Gasteiger partial charge >= 0.3 is 5.97 Å². The molecule has 0 aromatic rings. The molecule has 1 aliphatic carbocycles. The Morgan fingerprint density at radius 3 is 2.71 bits per heavy atom. The van der Waals surface area contributed by atoms with Crippen LogP contribution in [0.5, 0.6) is 0 Å². The van der Waals surface area contributed by atoms with Crippen molar-refractivity contribution in [2.24, 2.45) is 5.92 Å². The monoisotopic (exact) mass is 199 g/mol. The van der Waals surface area contributed by atoms with Crippen molar-refractivity contribution < 1.29 is 14.7 Å². The molecule has 4 heteroatoms. The quantitative estimate of drug-likeness (QED) is 0.690. The van der Waals surface area contributed by atoms with Crippen LogP contribution < -0.4 is 0 Å². The number of amides is 1. The van der Waals surface area contributed by atoms with Gasteiger partial charge in [0.2, 0.25) is 6.41 Å². The van der Waals surface area contributed by atoms with Crippen LogP contribution in [0.2, 0.25) is 0 Å². The van der Waals surface area contributed by atoms with E-state index in [0.717, 1.165) is 12.8 Å². The van der Waals surface area contributed by atoms with E-state index in [4.69, 9.17) is 0 Å². The predicted molar refractivity (Wildman–Crippen MR) is 51.8 cm³/mol. The minimum absolute atomic E-state index is 0.438. The Bertz CT molecular complexity index is 242. The Hall–Kier alpha value is -1.06. The molecule has 1 fully saturated rings. The number of hydrogen-bond acceptors (Lipinski definition) is 2. The van der Waals surface area contributed by atoms with Crippen LogP contribution in [0.3, 0.4) is 0 Å². The highest BCUT2D eigenvalue weighted by atomic mass is 16.4. The van der Waals surface area contributed by atoms with Crippen LogP contribution in [0, 0.1) is 5.92 Å². The average molecular weight is 199 g/mol. The van der Waals surface area contributed by atoms with Crippen LogP contribution in [-0.4, -0.2) is 35.0 Å². The normalized spacial score (nSPS) is 31.4. The van der Waals surface area contributed by atoms with Gasteiger partial charge in [-0.05, 0) is 25.2 Å². The van der Waals surface area contributed by atoms with E-state index in [9.17, 15) is 14.7 Å².